The molecule has 4 rings (SSSR count). The summed E-state index contributed by atoms with van der Waals surface area (Å²) in [5.41, 5.74) is 2.75. The van der Waals surface area contributed by atoms with Crippen LogP contribution < -0.4 is 14.8 Å². The predicted molar refractivity (Wildman–Crippen MR) is 98.4 cm³/mol. The van der Waals surface area contributed by atoms with E-state index in [1.807, 2.05) is 49.4 Å². The van der Waals surface area contributed by atoms with Crippen LogP contribution in [0.25, 0.3) is 11.0 Å². The second-order valence-electron chi connectivity index (χ2n) is 6.44. The highest BCUT2D eigenvalue weighted by atomic mass is 16.5. The molecule has 6 nitrogen and oxygen atoms in total. The van der Waals surface area contributed by atoms with Crippen LogP contribution in [0.15, 0.2) is 42.5 Å². The van der Waals surface area contributed by atoms with Crippen LogP contribution in [0.5, 0.6) is 11.5 Å². The molecule has 1 aromatic heterocycles. The standard InChI is InChI=1S/C20H21N3O3/c1-13(20-22-15-5-2-3-6-16(15)23-20)21-19(24)12-14-7-8-17-18(11-14)26-10-4-9-25-17/h2-3,5-8,11,13H,4,9-10,12H2,1H3,(H,21,24)(H,22,23). The first kappa shape index (κ1) is 16.4. The topological polar surface area (TPSA) is 76.2 Å². The van der Waals surface area contributed by atoms with Gasteiger partial charge in [-0.05, 0) is 36.8 Å². The Kier molecular flexibility index (Phi) is 4.48. The number of carbonyl (C=O) groups excluding carboxylic acids is 1. The van der Waals surface area contributed by atoms with Crippen molar-refractivity contribution in [3.05, 3.63) is 53.9 Å². The molecule has 0 saturated carbocycles. The van der Waals surface area contributed by atoms with Gasteiger partial charge in [-0.3, -0.25) is 4.79 Å². The largest absolute Gasteiger partial charge is 0.490 e. The van der Waals surface area contributed by atoms with Crippen molar-refractivity contribution in [3.63, 3.8) is 0 Å². The highest BCUT2D eigenvalue weighted by Crippen LogP contribution is 2.30. The number of ether oxygens (including phenoxy) is 2. The first-order valence-corrected chi connectivity index (χ1v) is 8.81. The fraction of sp³-hybridized carbons (Fsp3) is 0.300. The Hall–Kier alpha value is -3.02. The second-order valence-corrected chi connectivity index (χ2v) is 6.44. The molecule has 2 aromatic carbocycles. The molecule has 1 aliphatic heterocycles. The van der Waals surface area contributed by atoms with Crippen LogP contribution in [-0.4, -0.2) is 29.1 Å². The molecule has 0 radical (unpaired) electrons. The van der Waals surface area contributed by atoms with Gasteiger partial charge in [0.15, 0.2) is 11.5 Å². The minimum Gasteiger partial charge on any atom is -0.490 e. The van der Waals surface area contributed by atoms with Gasteiger partial charge in [0.2, 0.25) is 5.91 Å². The third-order valence-corrected chi connectivity index (χ3v) is 4.37. The van der Waals surface area contributed by atoms with Crippen LogP contribution in [0.3, 0.4) is 0 Å². The average molecular weight is 351 g/mol. The molecule has 6 heteroatoms. The molecule has 0 fully saturated rings. The van der Waals surface area contributed by atoms with Crippen LogP contribution in [0, 0.1) is 0 Å². The lowest BCUT2D eigenvalue weighted by Crippen LogP contribution is -2.28. The molecule has 2 heterocycles. The maximum Gasteiger partial charge on any atom is 0.224 e. The fourth-order valence-electron chi connectivity index (χ4n) is 3.04. The third-order valence-electron chi connectivity index (χ3n) is 4.37. The highest BCUT2D eigenvalue weighted by Gasteiger charge is 2.16. The van der Waals surface area contributed by atoms with Crippen molar-refractivity contribution in [2.75, 3.05) is 13.2 Å². The van der Waals surface area contributed by atoms with Gasteiger partial charge in [-0.15, -0.1) is 0 Å². The van der Waals surface area contributed by atoms with E-state index in [1.54, 1.807) is 0 Å². The van der Waals surface area contributed by atoms with Crippen LogP contribution >= 0.6 is 0 Å². The van der Waals surface area contributed by atoms with Gasteiger partial charge in [-0.25, -0.2) is 4.98 Å². The maximum atomic E-state index is 12.4. The number of aromatic amines is 1. The van der Waals surface area contributed by atoms with Gasteiger partial charge in [0.25, 0.3) is 0 Å². The summed E-state index contributed by atoms with van der Waals surface area (Å²) in [6.45, 7) is 3.21. The molecule has 1 unspecified atom stereocenters. The van der Waals surface area contributed by atoms with Crippen LogP contribution in [0.1, 0.15) is 30.8 Å². The van der Waals surface area contributed by atoms with Crippen molar-refractivity contribution >= 4 is 16.9 Å². The van der Waals surface area contributed by atoms with Gasteiger partial charge >= 0.3 is 0 Å². The minimum absolute atomic E-state index is 0.0625. The van der Waals surface area contributed by atoms with Crippen molar-refractivity contribution in [2.24, 2.45) is 0 Å². The minimum atomic E-state index is -0.199. The zero-order valence-electron chi connectivity index (χ0n) is 14.6. The SMILES string of the molecule is CC(NC(=O)Cc1ccc2c(c1)OCCCO2)c1nc2ccccc2[nH]1. The summed E-state index contributed by atoms with van der Waals surface area (Å²) in [4.78, 5) is 20.2. The van der Waals surface area contributed by atoms with E-state index in [9.17, 15) is 4.79 Å². The number of hydrogen-bond donors (Lipinski definition) is 2. The Balaban J connectivity index is 1.42. The molecule has 0 saturated heterocycles. The third kappa shape index (κ3) is 3.49. The summed E-state index contributed by atoms with van der Waals surface area (Å²) in [7, 11) is 0. The average Bonchev–Trinajstić information content (AvgIpc) is 2.94. The highest BCUT2D eigenvalue weighted by molar-refractivity contribution is 5.79. The van der Waals surface area contributed by atoms with Crippen molar-refractivity contribution in [1.29, 1.82) is 0 Å². The molecule has 1 aliphatic rings. The summed E-state index contributed by atoms with van der Waals surface area (Å²) in [6.07, 6.45) is 1.14. The number of fused-ring (bicyclic) bond motifs is 2. The number of carbonyl (C=O) groups is 1. The molecule has 3 aromatic rings. The Morgan fingerprint density at radius 3 is 2.85 bits per heavy atom. The van der Waals surface area contributed by atoms with E-state index < -0.39 is 0 Å². The summed E-state index contributed by atoms with van der Waals surface area (Å²) >= 11 is 0. The van der Waals surface area contributed by atoms with Gasteiger partial charge in [0.1, 0.15) is 5.82 Å². The van der Waals surface area contributed by atoms with Crippen LogP contribution in [0.2, 0.25) is 0 Å². The molecule has 2 N–H and O–H groups in total. The number of para-hydroxylation sites is 2. The van der Waals surface area contributed by atoms with E-state index in [2.05, 4.69) is 15.3 Å². The smallest absolute Gasteiger partial charge is 0.224 e. The number of aromatic nitrogens is 2. The Morgan fingerprint density at radius 1 is 1.19 bits per heavy atom. The first-order valence-electron chi connectivity index (χ1n) is 8.81. The lowest BCUT2D eigenvalue weighted by atomic mass is 10.1. The fourth-order valence-corrected chi connectivity index (χ4v) is 3.04. The molecule has 0 aliphatic carbocycles. The van der Waals surface area contributed by atoms with E-state index in [0.29, 0.717) is 19.0 Å². The molecular weight excluding hydrogens is 330 g/mol. The maximum absolute atomic E-state index is 12.4. The van der Waals surface area contributed by atoms with Gasteiger partial charge in [-0.2, -0.15) is 0 Å². The summed E-state index contributed by atoms with van der Waals surface area (Å²) in [6, 6.07) is 13.3. The van der Waals surface area contributed by atoms with Crippen molar-refractivity contribution in [1.82, 2.24) is 15.3 Å². The predicted octanol–water partition coefficient (Wildman–Crippen LogP) is 3.14. The van der Waals surface area contributed by atoms with E-state index in [4.69, 9.17) is 9.47 Å². The molecule has 0 spiro atoms. The van der Waals surface area contributed by atoms with Crippen molar-refractivity contribution < 1.29 is 14.3 Å². The molecule has 0 bridgehead atoms. The van der Waals surface area contributed by atoms with Gasteiger partial charge in [-0.1, -0.05) is 18.2 Å². The van der Waals surface area contributed by atoms with E-state index in [1.165, 1.54) is 0 Å². The van der Waals surface area contributed by atoms with Crippen molar-refractivity contribution in [2.45, 2.75) is 25.8 Å². The monoisotopic (exact) mass is 351 g/mol. The Morgan fingerprint density at radius 2 is 2.00 bits per heavy atom. The Labute approximate surface area is 151 Å². The van der Waals surface area contributed by atoms with E-state index in [0.717, 1.165) is 34.6 Å². The number of rotatable bonds is 4. The number of nitrogens with one attached hydrogen (secondary N) is 2. The lowest BCUT2D eigenvalue weighted by Gasteiger charge is -2.13. The number of nitrogens with zero attached hydrogens (tertiary/aromatic N) is 1. The summed E-state index contributed by atoms with van der Waals surface area (Å²) in [5.74, 6) is 2.13. The van der Waals surface area contributed by atoms with E-state index in [-0.39, 0.29) is 18.4 Å². The molecule has 1 atom stereocenters. The molecule has 26 heavy (non-hydrogen) atoms. The summed E-state index contributed by atoms with van der Waals surface area (Å²) in [5, 5.41) is 2.99. The first-order chi connectivity index (χ1) is 12.7. The zero-order valence-corrected chi connectivity index (χ0v) is 14.6. The molecule has 1 amide bonds. The zero-order chi connectivity index (χ0) is 17.9. The van der Waals surface area contributed by atoms with E-state index >= 15 is 0 Å². The van der Waals surface area contributed by atoms with Gasteiger partial charge in [0.05, 0.1) is 36.7 Å². The number of H-pyrrole nitrogens is 1. The quantitative estimate of drug-likeness (QED) is 0.757. The number of amides is 1. The van der Waals surface area contributed by atoms with Gasteiger partial charge < -0.3 is 19.8 Å². The number of benzene rings is 2. The normalized spacial score (nSPS) is 14.7. The van der Waals surface area contributed by atoms with Crippen molar-refractivity contribution in [3.8, 4) is 11.5 Å². The molecular formula is C20H21N3O3. The number of imidazole rings is 1. The van der Waals surface area contributed by atoms with Gasteiger partial charge in [0, 0.05) is 6.42 Å². The summed E-state index contributed by atoms with van der Waals surface area (Å²) < 4.78 is 11.3. The number of hydrogen-bond acceptors (Lipinski definition) is 4. The van der Waals surface area contributed by atoms with Crippen LogP contribution in [-0.2, 0) is 11.2 Å². The van der Waals surface area contributed by atoms with Crippen LogP contribution in [0.4, 0.5) is 0 Å². The second kappa shape index (κ2) is 7.07. The Bertz CT molecular complexity index is 902. The lowest BCUT2D eigenvalue weighted by molar-refractivity contribution is -0.121. The molecule has 134 valence electrons.